The van der Waals surface area contributed by atoms with Gasteiger partial charge in [0.1, 0.15) is 0 Å². The minimum atomic E-state index is -0.916. The number of nitrogens with zero attached hydrogens (tertiary/aromatic N) is 3. The van der Waals surface area contributed by atoms with Crippen LogP contribution < -0.4 is 10.1 Å². The van der Waals surface area contributed by atoms with Crippen LogP contribution in [0.5, 0.6) is 5.88 Å². The first-order valence-electron chi connectivity index (χ1n) is 8.31. The number of fused-ring (bicyclic) bond motifs is 3. The van der Waals surface area contributed by atoms with Crippen molar-refractivity contribution in [1.29, 1.82) is 0 Å². The molecule has 2 heterocycles. The summed E-state index contributed by atoms with van der Waals surface area (Å²) in [5.74, 6) is -0.608. The van der Waals surface area contributed by atoms with Crippen molar-refractivity contribution in [2.75, 3.05) is 11.1 Å². The highest BCUT2D eigenvalue weighted by molar-refractivity contribution is 7.99. The molecule has 1 fully saturated rings. The van der Waals surface area contributed by atoms with E-state index in [1.54, 1.807) is 0 Å². The maximum absolute atomic E-state index is 10.8. The molecule has 2 aromatic rings. The van der Waals surface area contributed by atoms with Gasteiger partial charge in [-0.1, -0.05) is 36.4 Å². The second kappa shape index (κ2) is 6.51. The Labute approximate surface area is 149 Å². The lowest BCUT2D eigenvalue weighted by molar-refractivity contribution is -0.133. The van der Waals surface area contributed by atoms with E-state index in [-0.39, 0.29) is 5.75 Å². The zero-order chi connectivity index (χ0) is 17.3. The molecule has 0 bridgehead atoms. The van der Waals surface area contributed by atoms with Gasteiger partial charge in [0.25, 0.3) is 0 Å². The topological polar surface area (TPSA) is 97.2 Å². The standard InChI is InChI=1S/C17H18N4O3S/c22-13(23)10-25-16-18-15-14(20-21-16)11-6-2-3-7-12(11)19-17(24-15)8-4-1-5-9-17/h2-3,6-7,19H,1,4-5,8-10H2,(H,22,23). The Morgan fingerprint density at radius 2 is 2.04 bits per heavy atom. The molecule has 1 saturated carbocycles. The van der Waals surface area contributed by atoms with Gasteiger partial charge in [-0.2, -0.15) is 4.98 Å². The molecule has 0 atom stereocenters. The zero-order valence-corrected chi connectivity index (χ0v) is 14.4. The van der Waals surface area contributed by atoms with E-state index in [0.717, 1.165) is 48.7 Å². The Kier molecular flexibility index (Phi) is 4.20. The van der Waals surface area contributed by atoms with Crippen molar-refractivity contribution in [3.63, 3.8) is 0 Å². The van der Waals surface area contributed by atoms with Crippen LogP contribution in [0.4, 0.5) is 5.69 Å². The van der Waals surface area contributed by atoms with Gasteiger partial charge in [0, 0.05) is 24.1 Å². The van der Waals surface area contributed by atoms with E-state index in [1.807, 2.05) is 24.3 Å². The van der Waals surface area contributed by atoms with Crippen molar-refractivity contribution in [2.45, 2.75) is 43.0 Å². The highest BCUT2D eigenvalue weighted by Crippen LogP contribution is 2.43. The summed E-state index contributed by atoms with van der Waals surface area (Å²) in [6.07, 6.45) is 5.15. The predicted octanol–water partition coefficient (Wildman–Crippen LogP) is 3.18. The summed E-state index contributed by atoms with van der Waals surface area (Å²) in [7, 11) is 0. The van der Waals surface area contributed by atoms with E-state index in [9.17, 15) is 4.79 Å². The van der Waals surface area contributed by atoms with Gasteiger partial charge in [-0.3, -0.25) is 4.79 Å². The minimum absolute atomic E-state index is 0.111. The van der Waals surface area contributed by atoms with Crippen LogP contribution in [-0.2, 0) is 4.79 Å². The smallest absolute Gasteiger partial charge is 0.313 e. The molecule has 1 aromatic heterocycles. The number of anilines is 1. The maximum Gasteiger partial charge on any atom is 0.313 e. The minimum Gasteiger partial charge on any atom is -0.481 e. The molecule has 130 valence electrons. The molecular formula is C17H18N4O3S. The predicted molar refractivity (Wildman–Crippen MR) is 93.7 cm³/mol. The van der Waals surface area contributed by atoms with Crippen molar-refractivity contribution in [1.82, 2.24) is 15.2 Å². The van der Waals surface area contributed by atoms with Gasteiger partial charge in [0.2, 0.25) is 11.0 Å². The normalized spacial score (nSPS) is 17.6. The monoisotopic (exact) mass is 358 g/mol. The average Bonchev–Trinajstić information content (AvgIpc) is 2.74. The molecular weight excluding hydrogens is 340 g/mol. The van der Waals surface area contributed by atoms with E-state index in [0.29, 0.717) is 16.7 Å². The van der Waals surface area contributed by atoms with Crippen LogP contribution in [0.1, 0.15) is 32.1 Å². The van der Waals surface area contributed by atoms with Gasteiger partial charge < -0.3 is 15.2 Å². The van der Waals surface area contributed by atoms with Gasteiger partial charge in [0.05, 0.1) is 5.75 Å². The largest absolute Gasteiger partial charge is 0.481 e. The van der Waals surface area contributed by atoms with Crippen LogP contribution in [0.2, 0.25) is 0 Å². The highest BCUT2D eigenvalue weighted by atomic mass is 32.2. The number of carbonyl (C=O) groups is 1. The van der Waals surface area contributed by atoms with E-state index in [1.165, 1.54) is 6.42 Å². The number of nitrogens with one attached hydrogen (secondary N) is 1. The number of rotatable bonds is 3. The van der Waals surface area contributed by atoms with E-state index in [2.05, 4.69) is 20.5 Å². The molecule has 1 spiro atoms. The van der Waals surface area contributed by atoms with Crippen molar-refractivity contribution in [2.24, 2.45) is 0 Å². The Morgan fingerprint density at radius 1 is 1.24 bits per heavy atom. The van der Waals surface area contributed by atoms with Crippen LogP contribution in [0.3, 0.4) is 0 Å². The number of hydrogen-bond donors (Lipinski definition) is 2. The Hall–Kier alpha value is -2.35. The van der Waals surface area contributed by atoms with E-state index >= 15 is 0 Å². The van der Waals surface area contributed by atoms with Gasteiger partial charge in [-0.15, -0.1) is 10.2 Å². The molecule has 2 aliphatic rings. The molecule has 1 aliphatic heterocycles. The number of benzene rings is 1. The maximum atomic E-state index is 10.8. The van der Waals surface area contributed by atoms with Gasteiger partial charge in [-0.05, 0) is 18.9 Å². The lowest BCUT2D eigenvalue weighted by Gasteiger charge is -2.37. The number of ether oxygens (including phenoxy) is 1. The zero-order valence-electron chi connectivity index (χ0n) is 13.6. The lowest BCUT2D eigenvalue weighted by Crippen LogP contribution is -2.45. The van der Waals surface area contributed by atoms with Crippen LogP contribution >= 0.6 is 11.8 Å². The summed E-state index contributed by atoms with van der Waals surface area (Å²) in [6.45, 7) is 0. The van der Waals surface area contributed by atoms with Crippen LogP contribution in [0.15, 0.2) is 29.4 Å². The number of thioether (sulfide) groups is 1. The third kappa shape index (κ3) is 3.26. The summed E-state index contributed by atoms with van der Waals surface area (Å²) in [5.41, 5.74) is 1.95. The summed E-state index contributed by atoms with van der Waals surface area (Å²) in [4.78, 5) is 15.2. The molecule has 1 aliphatic carbocycles. The second-order valence-electron chi connectivity index (χ2n) is 6.26. The SMILES string of the molecule is O=C(O)CSc1nnc2c(n1)OC1(CCCCC1)Nc1ccccc1-2. The third-order valence-corrected chi connectivity index (χ3v) is 5.28. The Morgan fingerprint density at radius 3 is 2.84 bits per heavy atom. The lowest BCUT2D eigenvalue weighted by atomic mass is 9.91. The number of para-hydroxylation sites is 1. The molecule has 25 heavy (non-hydrogen) atoms. The molecule has 4 rings (SSSR count). The van der Waals surface area contributed by atoms with Gasteiger partial charge in [0.15, 0.2) is 11.4 Å². The fourth-order valence-corrected chi connectivity index (χ4v) is 3.83. The first-order chi connectivity index (χ1) is 12.2. The van der Waals surface area contributed by atoms with Gasteiger partial charge >= 0.3 is 5.97 Å². The first-order valence-corrected chi connectivity index (χ1v) is 9.30. The summed E-state index contributed by atoms with van der Waals surface area (Å²) < 4.78 is 6.33. The molecule has 0 radical (unpaired) electrons. The Balaban J connectivity index is 1.77. The van der Waals surface area contributed by atoms with Crippen molar-refractivity contribution in [3.8, 4) is 17.1 Å². The van der Waals surface area contributed by atoms with Crippen molar-refractivity contribution in [3.05, 3.63) is 24.3 Å². The fourth-order valence-electron chi connectivity index (χ4n) is 3.33. The quantitative estimate of drug-likeness (QED) is 0.808. The van der Waals surface area contributed by atoms with Crippen LogP contribution in [-0.4, -0.2) is 37.7 Å². The summed E-state index contributed by atoms with van der Waals surface area (Å²) in [5, 5.41) is 21.1. The summed E-state index contributed by atoms with van der Waals surface area (Å²) >= 11 is 1.04. The number of aromatic nitrogens is 3. The van der Waals surface area contributed by atoms with Crippen LogP contribution in [0, 0.1) is 0 Å². The summed E-state index contributed by atoms with van der Waals surface area (Å²) in [6, 6.07) is 7.90. The van der Waals surface area contributed by atoms with E-state index in [4.69, 9.17) is 9.84 Å². The van der Waals surface area contributed by atoms with E-state index < -0.39 is 11.7 Å². The molecule has 2 N–H and O–H groups in total. The van der Waals surface area contributed by atoms with Gasteiger partial charge in [-0.25, -0.2) is 0 Å². The van der Waals surface area contributed by atoms with Crippen molar-refractivity contribution < 1.29 is 14.6 Å². The Bertz CT molecular complexity index is 808. The number of hydrogen-bond acceptors (Lipinski definition) is 7. The van der Waals surface area contributed by atoms with Crippen LogP contribution in [0.25, 0.3) is 11.3 Å². The molecule has 1 aromatic carbocycles. The number of carboxylic acids is 1. The molecule has 0 saturated heterocycles. The number of aliphatic carboxylic acids is 1. The number of carboxylic acid groups (broad SMARTS) is 1. The third-order valence-electron chi connectivity index (χ3n) is 4.46. The highest BCUT2D eigenvalue weighted by Gasteiger charge is 2.39. The fraction of sp³-hybridized carbons (Fsp3) is 0.412. The molecule has 7 nitrogen and oxygen atoms in total. The molecule has 0 amide bonds. The second-order valence-corrected chi connectivity index (χ2v) is 7.20. The average molecular weight is 358 g/mol. The molecule has 8 heteroatoms. The van der Waals surface area contributed by atoms with Crippen molar-refractivity contribution >= 4 is 23.4 Å². The first kappa shape index (κ1) is 16.1. The molecule has 0 unspecified atom stereocenters.